The summed E-state index contributed by atoms with van der Waals surface area (Å²) in [6.07, 6.45) is 3.62. The normalized spacial score (nSPS) is 20.4. The summed E-state index contributed by atoms with van der Waals surface area (Å²) in [5, 5.41) is 12.9. The Balaban J connectivity index is 1.36. The van der Waals surface area contributed by atoms with Crippen molar-refractivity contribution in [3.05, 3.63) is 82.2 Å². The number of amides is 1. The largest absolute Gasteiger partial charge is 0.389 e. The number of carbonyl (C=O) groups is 1. The predicted octanol–water partition coefficient (Wildman–Crippen LogP) is 2.33. The number of pyridine rings is 1. The zero-order chi connectivity index (χ0) is 25.4. The molecule has 4 heterocycles. The second-order valence-electron chi connectivity index (χ2n) is 9.57. The highest BCUT2D eigenvalue weighted by atomic mass is 16.5. The van der Waals surface area contributed by atoms with E-state index >= 15 is 0 Å². The van der Waals surface area contributed by atoms with E-state index in [1.165, 1.54) is 0 Å². The van der Waals surface area contributed by atoms with Crippen LogP contribution in [0.5, 0.6) is 0 Å². The van der Waals surface area contributed by atoms with Crippen LogP contribution in [0.1, 0.15) is 34.1 Å². The highest BCUT2D eigenvalue weighted by Gasteiger charge is 2.27. The molecule has 2 aromatic carbocycles. The number of carbonyl (C=O) groups excluding carboxylic acids is 1. The molecule has 190 valence electrons. The Morgan fingerprint density at radius 3 is 2.57 bits per heavy atom. The number of hydrogen-bond acceptors (Lipinski definition) is 7. The van der Waals surface area contributed by atoms with Gasteiger partial charge in [-0.3, -0.25) is 19.1 Å². The molecule has 6 rings (SSSR count). The third kappa shape index (κ3) is 4.50. The smallest absolute Gasteiger partial charge is 0.272 e. The standard InChI is InChI=1S/C28H28N4O5/c33-25-16-37-10-7-24(25)32-17-30-26-21-4-2-1-3-20(21)19(14-22(26)27(32)34)13-18-5-6-23(29-15-18)28(35)31-8-11-36-12-9-31/h1-6,14-15,17,24-25,33H,7-13,16H2/t24-,25-/m0/s1. The molecular weight excluding hydrogens is 472 g/mol. The van der Waals surface area contributed by atoms with Crippen LogP contribution in [0.25, 0.3) is 21.7 Å². The molecule has 2 aromatic heterocycles. The first-order valence-corrected chi connectivity index (χ1v) is 12.6. The molecule has 2 saturated heterocycles. The summed E-state index contributed by atoms with van der Waals surface area (Å²) in [7, 11) is 0. The number of nitrogens with zero attached hydrogens (tertiary/aromatic N) is 4. The van der Waals surface area contributed by atoms with Crippen LogP contribution in [0.3, 0.4) is 0 Å². The highest BCUT2D eigenvalue weighted by Crippen LogP contribution is 2.28. The maximum absolute atomic E-state index is 13.6. The molecule has 2 atom stereocenters. The van der Waals surface area contributed by atoms with Crippen molar-refractivity contribution in [2.75, 3.05) is 39.5 Å². The molecule has 2 aliphatic heterocycles. The summed E-state index contributed by atoms with van der Waals surface area (Å²) >= 11 is 0. The van der Waals surface area contributed by atoms with Gasteiger partial charge in [-0.2, -0.15) is 0 Å². The van der Waals surface area contributed by atoms with Gasteiger partial charge in [-0.15, -0.1) is 0 Å². The number of benzene rings is 2. The van der Waals surface area contributed by atoms with Crippen LogP contribution in [-0.4, -0.2) is 76.1 Å². The monoisotopic (exact) mass is 500 g/mol. The molecule has 0 spiro atoms. The highest BCUT2D eigenvalue weighted by molar-refractivity contribution is 6.06. The van der Waals surface area contributed by atoms with Crippen molar-refractivity contribution >= 4 is 27.6 Å². The number of rotatable bonds is 4. The van der Waals surface area contributed by atoms with Crippen LogP contribution in [0.2, 0.25) is 0 Å². The van der Waals surface area contributed by atoms with E-state index < -0.39 is 6.10 Å². The molecular formula is C28H28N4O5. The van der Waals surface area contributed by atoms with E-state index in [-0.39, 0.29) is 24.1 Å². The summed E-state index contributed by atoms with van der Waals surface area (Å²) in [5.74, 6) is -0.0899. The van der Waals surface area contributed by atoms with Gasteiger partial charge < -0.3 is 19.5 Å². The van der Waals surface area contributed by atoms with Gasteiger partial charge in [0, 0.05) is 31.3 Å². The van der Waals surface area contributed by atoms with E-state index in [9.17, 15) is 14.7 Å². The van der Waals surface area contributed by atoms with Gasteiger partial charge in [0.15, 0.2) is 0 Å². The molecule has 0 aliphatic carbocycles. The Morgan fingerprint density at radius 1 is 1.00 bits per heavy atom. The van der Waals surface area contributed by atoms with E-state index in [1.54, 1.807) is 28.1 Å². The zero-order valence-electron chi connectivity index (χ0n) is 20.4. The number of aliphatic hydroxyl groups is 1. The molecule has 2 aliphatic rings. The van der Waals surface area contributed by atoms with Gasteiger partial charge in [-0.25, -0.2) is 4.98 Å². The van der Waals surface area contributed by atoms with Crippen LogP contribution in [0.15, 0.2) is 59.8 Å². The number of ether oxygens (including phenoxy) is 2. The molecule has 0 radical (unpaired) electrons. The van der Waals surface area contributed by atoms with Gasteiger partial charge in [-0.05, 0) is 41.5 Å². The fraction of sp³-hybridized carbons (Fsp3) is 0.357. The molecule has 1 amide bonds. The van der Waals surface area contributed by atoms with E-state index in [0.29, 0.717) is 62.3 Å². The van der Waals surface area contributed by atoms with Crippen LogP contribution < -0.4 is 5.56 Å². The Bertz CT molecular complexity index is 1510. The Kier molecular flexibility index (Phi) is 6.42. The summed E-state index contributed by atoms with van der Waals surface area (Å²) in [6, 6.07) is 13.1. The minimum absolute atomic E-state index is 0.0899. The molecule has 9 heteroatoms. The Hall–Kier alpha value is -3.66. The second kappa shape index (κ2) is 10.0. The minimum Gasteiger partial charge on any atom is -0.389 e. The lowest BCUT2D eigenvalue weighted by Crippen LogP contribution is -2.41. The second-order valence-corrected chi connectivity index (χ2v) is 9.57. The van der Waals surface area contributed by atoms with Crippen molar-refractivity contribution in [2.45, 2.75) is 25.0 Å². The lowest BCUT2D eigenvalue weighted by atomic mass is 9.96. The third-order valence-corrected chi connectivity index (χ3v) is 7.26. The maximum Gasteiger partial charge on any atom is 0.272 e. The van der Waals surface area contributed by atoms with Crippen molar-refractivity contribution in [1.29, 1.82) is 0 Å². The number of aromatic nitrogens is 3. The lowest BCUT2D eigenvalue weighted by molar-refractivity contribution is -0.0395. The average Bonchev–Trinajstić information content (AvgIpc) is 2.95. The molecule has 0 saturated carbocycles. The summed E-state index contributed by atoms with van der Waals surface area (Å²) in [6.45, 7) is 2.93. The molecule has 4 aromatic rings. The first kappa shape index (κ1) is 23.7. The van der Waals surface area contributed by atoms with Crippen molar-refractivity contribution in [2.24, 2.45) is 0 Å². The average molecular weight is 501 g/mol. The van der Waals surface area contributed by atoms with Crippen molar-refractivity contribution < 1.29 is 19.4 Å². The van der Waals surface area contributed by atoms with Gasteiger partial charge in [0.2, 0.25) is 0 Å². The van der Waals surface area contributed by atoms with Crippen LogP contribution in [-0.2, 0) is 15.9 Å². The van der Waals surface area contributed by atoms with E-state index in [4.69, 9.17) is 9.47 Å². The third-order valence-electron chi connectivity index (χ3n) is 7.26. The number of hydrogen-bond donors (Lipinski definition) is 1. The van der Waals surface area contributed by atoms with Gasteiger partial charge >= 0.3 is 0 Å². The lowest BCUT2D eigenvalue weighted by Gasteiger charge is -2.29. The first-order valence-electron chi connectivity index (χ1n) is 12.6. The zero-order valence-corrected chi connectivity index (χ0v) is 20.4. The van der Waals surface area contributed by atoms with Crippen LogP contribution >= 0.6 is 0 Å². The number of aliphatic hydroxyl groups excluding tert-OH is 1. The van der Waals surface area contributed by atoms with Gasteiger partial charge in [0.1, 0.15) is 5.69 Å². The predicted molar refractivity (Wildman–Crippen MR) is 138 cm³/mol. The Morgan fingerprint density at radius 2 is 1.81 bits per heavy atom. The van der Waals surface area contributed by atoms with Crippen molar-refractivity contribution in [3.63, 3.8) is 0 Å². The first-order chi connectivity index (χ1) is 18.1. The van der Waals surface area contributed by atoms with Gasteiger partial charge in [-0.1, -0.05) is 30.3 Å². The van der Waals surface area contributed by atoms with Crippen molar-refractivity contribution in [1.82, 2.24) is 19.4 Å². The summed E-state index contributed by atoms with van der Waals surface area (Å²) in [4.78, 5) is 37.2. The van der Waals surface area contributed by atoms with Crippen LogP contribution in [0.4, 0.5) is 0 Å². The van der Waals surface area contributed by atoms with Crippen LogP contribution in [0, 0.1) is 0 Å². The Labute approximate surface area is 213 Å². The van der Waals surface area contributed by atoms with E-state index in [2.05, 4.69) is 9.97 Å². The maximum atomic E-state index is 13.6. The summed E-state index contributed by atoms with van der Waals surface area (Å²) < 4.78 is 12.2. The van der Waals surface area contributed by atoms with E-state index in [0.717, 1.165) is 21.9 Å². The molecule has 37 heavy (non-hydrogen) atoms. The topological polar surface area (TPSA) is 107 Å². The summed E-state index contributed by atoms with van der Waals surface area (Å²) in [5.41, 5.74) is 2.80. The molecule has 1 N–H and O–H groups in total. The fourth-order valence-corrected chi connectivity index (χ4v) is 5.27. The fourth-order valence-electron chi connectivity index (χ4n) is 5.27. The molecule has 0 unspecified atom stereocenters. The van der Waals surface area contributed by atoms with Crippen molar-refractivity contribution in [3.8, 4) is 0 Å². The molecule has 0 bridgehead atoms. The minimum atomic E-state index is -0.754. The quantitative estimate of drug-likeness (QED) is 0.429. The van der Waals surface area contributed by atoms with E-state index in [1.807, 2.05) is 36.4 Å². The van der Waals surface area contributed by atoms with Gasteiger partial charge in [0.05, 0.1) is 49.2 Å². The molecule has 2 fully saturated rings. The number of morpholine rings is 1. The SMILES string of the molecule is O=C(c1ccc(Cc2cc3c(=O)n([C@H]4CCOC[C@@H]4O)cnc3c3ccccc23)cn1)N1CCOCC1. The molecule has 9 nitrogen and oxygen atoms in total. The van der Waals surface area contributed by atoms with Gasteiger partial charge in [0.25, 0.3) is 11.5 Å². The number of fused-ring (bicyclic) bond motifs is 3.